The fraction of sp³-hybridized carbons (Fsp3) is 0.294. The molecule has 1 aliphatic heterocycles. The minimum Gasteiger partial charge on any atom is -0.493 e. The first-order chi connectivity index (χ1) is 11.6. The lowest BCUT2D eigenvalue weighted by molar-refractivity contribution is 0.356. The van der Waals surface area contributed by atoms with E-state index in [2.05, 4.69) is 15.4 Å². The Kier molecular flexibility index (Phi) is 3.72. The third-order valence-corrected chi connectivity index (χ3v) is 5.34. The highest BCUT2D eigenvalue weighted by atomic mass is 32.1. The third kappa shape index (κ3) is 2.54. The second kappa shape index (κ2) is 5.90. The summed E-state index contributed by atoms with van der Waals surface area (Å²) < 4.78 is 21.5. The van der Waals surface area contributed by atoms with Crippen LogP contribution in [0.3, 0.4) is 0 Å². The van der Waals surface area contributed by atoms with Crippen molar-refractivity contribution in [2.45, 2.75) is 19.9 Å². The lowest BCUT2D eigenvalue weighted by Gasteiger charge is -2.09. The van der Waals surface area contributed by atoms with Crippen molar-refractivity contribution in [2.75, 3.05) is 11.9 Å². The number of aromatic nitrogens is 3. The summed E-state index contributed by atoms with van der Waals surface area (Å²) in [5.41, 5.74) is 3.59. The molecule has 0 unspecified atom stereocenters. The van der Waals surface area contributed by atoms with Crippen LogP contribution in [0, 0.1) is 12.7 Å². The van der Waals surface area contributed by atoms with Crippen molar-refractivity contribution in [3.8, 4) is 16.3 Å². The zero-order valence-corrected chi connectivity index (χ0v) is 14.3. The Bertz CT molecular complexity index is 902. The van der Waals surface area contributed by atoms with Gasteiger partial charge < -0.3 is 10.1 Å². The van der Waals surface area contributed by atoms with Gasteiger partial charge in [0.1, 0.15) is 11.6 Å². The summed E-state index contributed by atoms with van der Waals surface area (Å²) in [6.07, 6.45) is 2.52. The van der Waals surface area contributed by atoms with Gasteiger partial charge in [-0.2, -0.15) is 5.10 Å². The first-order valence-corrected chi connectivity index (χ1v) is 8.58. The summed E-state index contributed by atoms with van der Waals surface area (Å²) >= 11 is 1.55. The number of halogens is 1. The van der Waals surface area contributed by atoms with Gasteiger partial charge in [-0.05, 0) is 25.1 Å². The fourth-order valence-corrected chi connectivity index (χ4v) is 4.00. The Balaban J connectivity index is 1.58. The van der Waals surface area contributed by atoms with Gasteiger partial charge in [-0.3, -0.25) is 4.68 Å². The fourth-order valence-electron chi connectivity index (χ4n) is 2.98. The lowest BCUT2D eigenvalue weighted by Crippen LogP contribution is -2.04. The number of benzene rings is 1. The molecule has 0 atom stereocenters. The monoisotopic (exact) mass is 344 g/mol. The molecule has 7 heteroatoms. The van der Waals surface area contributed by atoms with Gasteiger partial charge in [0.25, 0.3) is 0 Å². The average Bonchev–Trinajstić information content (AvgIpc) is 3.26. The predicted octanol–water partition coefficient (Wildman–Crippen LogP) is 3.54. The summed E-state index contributed by atoms with van der Waals surface area (Å²) in [7, 11) is 1.91. The summed E-state index contributed by atoms with van der Waals surface area (Å²) in [5.74, 6) is 0.589. The van der Waals surface area contributed by atoms with Gasteiger partial charge >= 0.3 is 0 Å². The molecule has 0 aliphatic carbocycles. The van der Waals surface area contributed by atoms with Crippen molar-refractivity contribution in [2.24, 2.45) is 7.05 Å². The van der Waals surface area contributed by atoms with Crippen LogP contribution < -0.4 is 10.1 Å². The van der Waals surface area contributed by atoms with E-state index >= 15 is 0 Å². The second-order valence-electron chi connectivity index (χ2n) is 5.73. The predicted molar refractivity (Wildman–Crippen MR) is 92.0 cm³/mol. The Hall–Kier alpha value is -2.41. The number of hydrogen-bond acceptors (Lipinski definition) is 5. The van der Waals surface area contributed by atoms with Crippen molar-refractivity contribution >= 4 is 16.5 Å². The molecular weight excluding hydrogens is 327 g/mol. The van der Waals surface area contributed by atoms with E-state index in [9.17, 15) is 4.39 Å². The molecule has 0 saturated heterocycles. The first kappa shape index (κ1) is 15.1. The maximum absolute atomic E-state index is 14.2. The molecule has 5 nitrogen and oxygen atoms in total. The van der Waals surface area contributed by atoms with Crippen LogP contribution in [0.4, 0.5) is 9.52 Å². The van der Waals surface area contributed by atoms with Gasteiger partial charge in [0, 0.05) is 37.3 Å². The number of thiazole rings is 1. The summed E-state index contributed by atoms with van der Waals surface area (Å²) in [5, 5.41) is 8.23. The second-order valence-corrected chi connectivity index (χ2v) is 6.73. The number of rotatable bonds is 4. The third-order valence-electron chi connectivity index (χ3n) is 4.21. The van der Waals surface area contributed by atoms with Crippen LogP contribution in [-0.4, -0.2) is 21.4 Å². The van der Waals surface area contributed by atoms with E-state index in [0.29, 0.717) is 18.7 Å². The quantitative estimate of drug-likeness (QED) is 0.786. The molecule has 1 aliphatic rings. The van der Waals surface area contributed by atoms with Crippen molar-refractivity contribution in [3.63, 3.8) is 0 Å². The molecule has 0 radical (unpaired) electrons. The van der Waals surface area contributed by atoms with Crippen molar-refractivity contribution in [1.29, 1.82) is 0 Å². The molecule has 4 rings (SSSR count). The van der Waals surface area contributed by atoms with E-state index < -0.39 is 0 Å². The first-order valence-electron chi connectivity index (χ1n) is 7.76. The standard InChI is InChI=1S/C17H17FN4OS/c1-10-16(14-5-7-20-22(14)2)24-17(21-10)19-9-12-11-6-8-23-15(11)4-3-13(12)18/h3-5,7H,6,8-9H2,1-2H3,(H,19,21). The van der Waals surface area contributed by atoms with E-state index in [1.165, 1.54) is 6.07 Å². The largest absolute Gasteiger partial charge is 0.493 e. The van der Waals surface area contributed by atoms with Gasteiger partial charge in [0.05, 0.1) is 22.9 Å². The minimum absolute atomic E-state index is 0.202. The van der Waals surface area contributed by atoms with Crippen molar-refractivity contribution in [1.82, 2.24) is 14.8 Å². The number of ether oxygens (including phenoxy) is 1. The van der Waals surface area contributed by atoms with E-state index in [1.54, 1.807) is 23.6 Å². The molecule has 0 fully saturated rings. The van der Waals surface area contributed by atoms with Gasteiger partial charge in [-0.1, -0.05) is 11.3 Å². The smallest absolute Gasteiger partial charge is 0.183 e. The van der Waals surface area contributed by atoms with Crippen LogP contribution in [0.25, 0.3) is 10.6 Å². The molecule has 0 amide bonds. The van der Waals surface area contributed by atoms with E-state index in [4.69, 9.17) is 4.74 Å². The molecular formula is C17H17FN4OS. The maximum Gasteiger partial charge on any atom is 0.183 e. The Morgan fingerprint density at radius 3 is 3.04 bits per heavy atom. The van der Waals surface area contributed by atoms with Crippen molar-refractivity contribution < 1.29 is 9.13 Å². The van der Waals surface area contributed by atoms with Crippen LogP contribution in [0.5, 0.6) is 5.75 Å². The average molecular weight is 344 g/mol. The molecule has 1 aromatic carbocycles. The molecule has 124 valence electrons. The highest BCUT2D eigenvalue weighted by Crippen LogP contribution is 2.34. The van der Waals surface area contributed by atoms with Crippen LogP contribution in [-0.2, 0) is 20.0 Å². The maximum atomic E-state index is 14.2. The van der Waals surface area contributed by atoms with Crippen LogP contribution in [0.2, 0.25) is 0 Å². The zero-order chi connectivity index (χ0) is 16.7. The molecule has 0 bridgehead atoms. The highest BCUT2D eigenvalue weighted by Gasteiger charge is 2.20. The topological polar surface area (TPSA) is 52.0 Å². The van der Waals surface area contributed by atoms with Gasteiger partial charge in [0.2, 0.25) is 0 Å². The van der Waals surface area contributed by atoms with Crippen molar-refractivity contribution in [3.05, 3.63) is 47.0 Å². The van der Waals surface area contributed by atoms with Gasteiger partial charge in [-0.25, -0.2) is 9.37 Å². The molecule has 3 heterocycles. The number of fused-ring (bicyclic) bond motifs is 1. The summed E-state index contributed by atoms with van der Waals surface area (Å²) in [6, 6.07) is 5.13. The van der Waals surface area contributed by atoms with Gasteiger partial charge in [0.15, 0.2) is 5.13 Å². The van der Waals surface area contributed by atoms with E-state index in [1.807, 2.05) is 24.7 Å². The van der Waals surface area contributed by atoms with Crippen LogP contribution in [0.1, 0.15) is 16.8 Å². The molecule has 0 spiro atoms. The minimum atomic E-state index is -0.202. The molecule has 3 aromatic rings. The number of aryl methyl sites for hydroxylation is 2. The molecule has 1 N–H and O–H groups in total. The molecule has 0 saturated carbocycles. The van der Waals surface area contributed by atoms with Crippen LogP contribution in [0.15, 0.2) is 24.4 Å². The number of nitrogens with one attached hydrogen (secondary N) is 1. The Morgan fingerprint density at radius 2 is 2.25 bits per heavy atom. The number of hydrogen-bond donors (Lipinski definition) is 1. The number of anilines is 1. The van der Waals surface area contributed by atoms with Gasteiger partial charge in [-0.15, -0.1) is 0 Å². The number of nitrogens with zero attached hydrogens (tertiary/aromatic N) is 3. The lowest BCUT2D eigenvalue weighted by atomic mass is 10.0. The molecule has 24 heavy (non-hydrogen) atoms. The molecule has 2 aromatic heterocycles. The Labute approximate surface area is 143 Å². The normalized spacial score (nSPS) is 13.0. The van der Waals surface area contributed by atoms with E-state index in [0.717, 1.165) is 39.1 Å². The summed E-state index contributed by atoms with van der Waals surface area (Å²) in [6.45, 7) is 2.99. The zero-order valence-electron chi connectivity index (χ0n) is 13.5. The SMILES string of the molecule is Cc1nc(NCc2c(F)ccc3c2CCO3)sc1-c1ccnn1C. The summed E-state index contributed by atoms with van der Waals surface area (Å²) in [4.78, 5) is 5.63. The van der Waals surface area contributed by atoms with E-state index in [-0.39, 0.29) is 5.82 Å². The Morgan fingerprint density at radius 1 is 1.38 bits per heavy atom. The highest BCUT2D eigenvalue weighted by molar-refractivity contribution is 7.19. The van der Waals surface area contributed by atoms with Crippen LogP contribution >= 0.6 is 11.3 Å².